The van der Waals surface area contributed by atoms with Gasteiger partial charge in [0.15, 0.2) is 0 Å². The van der Waals surface area contributed by atoms with Crippen LogP contribution in [0.5, 0.6) is 0 Å². The van der Waals surface area contributed by atoms with Crippen LogP contribution >= 0.6 is 11.6 Å². The second-order valence-corrected chi connectivity index (χ2v) is 12.3. The molecule has 1 N–H and O–H groups in total. The predicted octanol–water partition coefficient (Wildman–Crippen LogP) is 5.40. The van der Waals surface area contributed by atoms with Crippen LogP contribution in [-0.2, 0) is 19.1 Å². The van der Waals surface area contributed by atoms with Crippen LogP contribution in [0.4, 0.5) is 11.4 Å². The van der Waals surface area contributed by atoms with Gasteiger partial charge in [0.25, 0.3) is 5.91 Å². The second kappa shape index (κ2) is 13.3. The largest absolute Gasteiger partial charge is 0.396 e. The van der Waals surface area contributed by atoms with Crippen LogP contribution < -0.4 is 9.80 Å². The van der Waals surface area contributed by atoms with Crippen LogP contribution in [0.1, 0.15) is 45.4 Å². The number of fused-ring (bicyclic) bond motifs is 1. The lowest BCUT2D eigenvalue weighted by atomic mass is 9.64. The van der Waals surface area contributed by atoms with Crippen molar-refractivity contribution in [2.24, 2.45) is 11.8 Å². The number of aliphatic hydroxyl groups is 1. The van der Waals surface area contributed by atoms with E-state index in [1.54, 1.807) is 45.1 Å². The van der Waals surface area contributed by atoms with Crippen molar-refractivity contribution < 1.29 is 24.2 Å². The molecule has 234 valence electrons. The van der Waals surface area contributed by atoms with E-state index in [1.807, 2.05) is 43.3 Å². The molecule has 3 fully saturated rings. The fourth-order valence-corrected chi connectivity index (χ4v) is 7.90. The Morgan fingerprint density at radius 2 is 1.68 bits per heavy atom. The van der Waals surface area contributed by atoms with E-state index in [0.717, 1.165) is 5.69 Å². The third kappa shape index (κ3) is 5.27. The molecule has 3 saturated heterocycles. The van der Waals surface area contributed by atoms with Crippen molar-refractivity contribution in [3.63, 3.8) is 0 Å². The average Bonchev–Trinajstić information content (AvgIpc) is 3.64. The number of anilines is 2. The highest BCUT2D eigenvalue weighted by molar-refractivity contribution is 6.34. The van der Waals surface area contributed by atoms with Crippen LogP contribution in [0.15, 0.2) is 79.9 Å². The van der Waals surface area contributed by atoms with E-state index in [9.17, 15) is 19.5 Å². The Morgan fingerprint density at radius 1 is 1.00 bits per heavy atom. The fraction of sp³-hybridized carbons (Fsp3) is 0.457. The van der Waals surface area contributed by atoms with Gasteiger partial charge in [-0.15, -0.1) is 13.2 Å². The van der Waals surface area contributed by atoms with Crippen molar-refractivity contribution in [3.8, 4) is 0 Å². The van der Waals surface area contributed by atoms with Gasteiger partial charge in [-0.2, -0.15) is 0 Å². The maximum atomic E-state index is 14.8. The maximum Gasteiger partial charge on any atom is 0.253 e. The number of aliphatic hydroxyl groups excluding tert-OH is 1. The van der Waals surface area contributed by atoms with Crippen LogP contribution in [0.3, 0.4) is 0 Å². The van der Waals surface area contributed by atoms with Crippen LogP contribution in [0, 0.1) is 11.8 Å². The summed E-state index contributed by atoms with van der Waals surface area (Å²) in [5.41, 5.74) is -0.798. The Kier molecular flexibility index (Phi) is 9.63. The molecule has 8 nitrogen and oxygen atoms in total. The minimum absolute atomic E-state index is 0.0554. The first-order chi connectivity index (χ1) is 21.3. The minimum atomic E-state index is -1.17. The number of benzene rings is 2. The molecule has 2 unspecified atom stereocenters. The minimum Gasteiger partial charge on any atom is -0.396 e. The highest BCUT2D eigenvalue weighted by Gasteiger charge is 2.79. The summed E-state index contributed by atoms with van der Waals surface area (Å²) in [4.78, 5) is 48.9. The summed E-state index contributed by atoms with van der Waals surface area (Å²) in [6.07, 6.45) is 6.81. The van der Waals surface area contributed by atoms with Gasteiger partial charge in [-0.1, -0.05) is 61.0 Å². The summed E-state index contributed by atoms with van der Waals surface area (Å²) < 4.78 is 6.99. The van der Waals surface area contributed by atoms with Gasteiger partial charge in [-0.3, -0.25) is 14.4 Å². The lowest BCUT2D eigenvalue weighted by Crippen LogP contribution is -2.56. The van der Waals surface area contributed by atoms with Crippen molar-refractivity contribution >= 4 is 40.7 Å². The topological polar surface area (TPSA) is 90.4 Å². The quantitative estimate of drug-likeness (QED) is 0.226. The Labute approximate surface area is 264 Å². The van der Waals surface area contributed by atoms with E-state index in [0.29, 0.717) is 55.8 Å². The number of rotatable bonds is 14. The monoisotopic (exact) mass is 619 g/mol. The van der Waals surface area contributed by atoms with Crippen molar-refractivity contribution in [2.75, 3.05) is 36.0 Å². The number of nitrogens with zero attached hydrogens (tertiary/aromatic N) is 3. The molecule has 0 aliphatic carbocycles. The molecule has 1 spiro atoms. The Balaban J connectivity index is 1.60. The summed E-state index contributed by atoms with van der Waals surface area (Å²) in [6.45, 7) is 10.6. The zero-order valence-electron chi connectivity index (χ0n) is 25.4. The summed E-state index contributed by atoms with van der Waals surface area (Å²) >= 11 is 6.59. The number of hydrogen-bond donors (Lipinski definition) is 1. The maximum absolute atomic E-state index is 14.8. The Morgan fingerprint density at radius 3 is 2.34 bits per heavy atom. The average molecular weight is 620 g/mol. The molecular formula is C35H42ClN3O5. The standard InChI is InChI=1S/C35H42ClN3O5/c1-4-21-37(25-15-9-7-10-16-25)31(41)28-29-32(42)39(23-13-8-14-24-40)30(35(29)20-19-34(28,6-3)44-35)33(43)38(22-5-2)27-18-12-11-17-26(27)36/h4-5,7,9-12,15-18,28-30,40H,1-2,6,8,13-14,19-24H2,3H3/t28-,29-,30?,34+,35?/m0/s1. The number of halogens is 1. The Hall–Kier alpha value is -3.46. The zero-order chi connectivity index (χ0) is 31.5. The van der Waals surface area contributed by atoms with Crippen LogP contribution in [0.25, 0.3) is 0 Å². The molecule has 0 aromatic heterocycles. The molecule has 3 aliphatic heterocycles. The van der Waals surface area contributed by atoms with Gasteiger partial charge in [-0.05, 0) is 62.8 Å². The van der Waals surface area contributed by atoms with Gasteiger partial charge in [0.05, 0.1) is 28.1 Å². The lowest BCUT2D eigenvalue weighted by molar-refractivity contribution is -0.146. The van der Waals surface area contributed by atoms with Gasteiger partial charge >= 0.3 is 0 Å². The summed E-state index contributed by atoms with van der Waals surface area (Å²) in [5, 5.41) is 9.77. The van der Waals surface area contributed by atoms with Crippen LogP contribution in [-0.4, -0.2) is 71.2 Å². The number of hydrogen-bond acceptors (Lipinski definition) is 5. The Bertz CT molecular complexity index is 1400. The molecule has 3 aliphatic rings. The number of likely N-dealkylation sites (tertiary alicyclic amines) is 1. The first-order valence-electron chi connectivity index (χ1n) is 15.6. The molecule has 2 aromatic carbocycles. The molecule has 5 atom stereocenters. The first-order valence-corrected chi connectivity index (χ1v) is 15.9. The smallest absolute Gasteiger partial charge is 0.253 e. The van der Waals surface area contributed by atoms with Gasteiger partial charge in [0.2, 0.25) is 11.8 Å². The highest BCUT2D eigenvalue weighted by Crippen LogP contribution is 2.65. The molecule has 5 rings (SSSR count). The lowest BCUT2D eigenvalue weighted by Gasteiger charge is -2.37. The molecule has 3 amide bonds. The number of carbonyl (C=O) groups excluding carboxylic acids is 3. The number of ether oxygens (including phenoxy) is 1. The molecular weight excluding hydrogens is 578 g/mol. The number of unbranched alkanes of at least 4 members (excludes halogenated alkanes) is 2. The number of carbonyl (C=O) groups is 3. The molecule has 0 saturated carbocycles. The van der Waals surface area contributed by atoms with E-state index in [1.165, 1.54) is 0 Å². The number of para-hydroxylation sites is 2. The van der Waals surface area contributed by atoms with Crippen molar-refractivity contribution in [2.45, 2.75) is 62.7 Å². The van der Waals surface area contributed by atoms with E-state index >= 15 is 0 Å². The van der Waals surface area contributed by atoms with Gasteiger partial charge in [0.1, 0.15) is 11.6 Å². The van der Waals surface area contributed by atoms with E-state index in [2.05, 4.69) is 13.2 Å². The normalized spacial score (nSPS) is 26.8. The van der Waals surface area contributed by atoms with Gasteiger partial charge in [0, 0.05) is 31.9 Å². The molecule has 44 heavy (non-hydrogen) atoms. The fourth-order valence-electron chi connectivity index (χ4n) is 7.67. The zero-order valence-corrected chi connectivity index (χ0v) is 26.1. The third-order valence-electron chi connectivity index (χ3n) is 9.60. The summed E-state index contributed by atoms with van der Waals surface area (Å²) in [7, 11) is 0. The van der Waals surface area contributed by atoms with E-state index in [4.69, 9.17) is 16.3 Å². The highest BCUT2D eigenvalue weighted by atomic mass is 35.5. The number of amides is 3. The molecule has 2 aromatic rings. The van der Waals surface area contributed by atoms with Crippen LogP contribution in [0.2, 0.25) is 5.02 Å². The SMILES string of the molecule is C=CCN(C(=O)[C@@H]1[C@H]2C(=O)N(CCCCCO)C(C(=O)N(CC=C)c3ccccc3Cl)C23CC[C@@]1(CC)O3)c1ccccc1. The predicted molar refractivity (Wildman–Crippen MR) is 172 cm³/mol. The van der Waals surface area contributed by atoms with E-state index in [-0.39, 0.29) is 37.4 Å². The summed E-state index contributed by atoms with van der Waals surface area (Å²) in [6, 6.07) is 15.6. The summed E-state index contributed by atoms with van der Waals surface area (Å²) in [5.74, 6) is -2.31. The molecule has 0 radical (unpaired) electrons. The second-order valence-electron chi connectivity index (χ2n) is 11.9. The molecule has 9 heteroatoms. The van der Waals surface area contributed by atoms with E-state index < -0.39 is 29.1 Å². The van der Waals surface area contributed by atoms with Crippen molar-refractivity contribution in [3.05, 3.63) is 84.9 Å². The third-order valence-corrected chi connectivity index (χ3v) is 9.92. The van der Waals surface area contributed by atoms with Gasteiger partial charge in [-0.25, -0.2) is 0 Å². The van der Waals surface area contributed by atoms with Crippen molar-refractivity contribution in [1.29, 1.82) is 0 Å². The first kappa shape index (κ1) is 31.9. The van der Waals surface area contributed by atoms with Gasteiger partial charge < -0.3 is 24.5 Å². The van der Waals surface area contributed by atoms with Crippen molar-refractivity contribution in [1.82, 2.24) is 4.90 Å². The molecule has 3 heterocycles. The molecule has 2 bridgehead atoms.